The molecule has 4 rings (SSSR count). The van der Waals surface area contributed by atoms with E-state index in [4.69, 9.17) is 37.9 Å². The molecule has 53 heavy (non-hydrogen) atoms. The molecule has 0 aliphatic rings. The lowest BCUT2D eigenvalue weighted by molar-refractivity contribution is -0.113. The average molecular weight is 1180 g/mol. The Labute approximate surface area is 369 Å². The largest absolute Gasteiger partial charge is 0.491 e. The van der Waals surface area contributed by atoms with Crippen molar-refractivity contribution in [2.45, 2.75) is 17.7 Å². The van der Waals surface area contributed by atoms with Crippen molar-refractivity contribution in [1.29, 1.82) is 0 Å². The SMILES string of the molecule is ICc1ccc(OCCOCC(COCCOc2ccc(CI)cc2)(COCCOc2ccc(CI)cc2)COCCOc2ccc(CI)cc2)cc1. The van der Waals surface area contributed by atoms with Crippen molar-refractivity contribution < 1.29 is 37.9 Å². The summed E-state index contributed by atoms with van der Waals surface area (Å²) in [5, 5.41) is 0. The van der Waals surface area contributed by atoms with Gasteiger partial charge in [-0.15, -0.1) is 0 Å². The summed E-state index contributed by atoms with van der Waals surface area (Å²) in [5.41, 5.74) is 4.44. The van der Waals surface area contributed by atoms with Crippen LogP contribution < -0.4 is 18.9 Å². The Morgan fingerprint density at radius 1 is 0.302 bits per heavy atom. The molecule has 4 aromatic rings. The van der Waals surface area contributed by atoms with Gasteiger partial charge in [-0.2, -0.15) is 0 Å². The number of halogens is 4. The molecular weight excluding hydrogens is 1130 g/mol. The quantitative estimate of drug-likeness (QED) is 0.0317. The highest BCUT2D eigenvalue weighted by Gasteiger charge is 2.33. The second-order valence-electron chi connectivity index (χ2n) is 12.2. The third-order valence-electron chi connectivity index (χ3n) is 7.93. The molecule has 0 atom stereocenters. The van der Waals surface area contributed by atoms with Gasteiger partial charge in [0.25, 0.3) is 0 Å². The van der Waals surface area contributed by atoms with E-state index in [1.54, 1.807) is 0 Å². The lowest BCUT2D eigenvalue weighted by Gasteiger charge is -2.33. The zero-order chi connectivity index (χ0) is 37.4. The summed E-state index contributed by atoms with van der Waals surface area (Å²) in [4.78, 5) is 0. The van der Waals surface area contributed by atoms with Crippen molar-refractivity contribution in [2.75, 3.05) is 79.3 Å². The molecule has 0 aromatic heterocycles. The fourth-order valence-electron chi connectivity index (χ4n) is 4.98. The van der Waals surface area contributed by atoms with Crippen LogP contribution in [0.3, 0.4) is 0 Å². The van der Waals surface area contributed by atoms with Crippen LogP contribution in [0.5, 0.6) is 23.0 Å². The standard InChI is InChI=1S/C41H48I4O8/c42-25-33-1-9-37(10-2-33)50-21-17-46-29-41(30-47-18-22-51-38-11-3-34(26-43)4-12-38,31-48-19-23-52-39-13-5-35(27-44)6-14-39)32-49-20-24-53-40-15-7-36(28-45)8-16-40/h1-16H,17-32H2. The van der Waals surface area contributed by atoms with Gasteiger partial charge in [-0.05, 0) is 70.8 Å². The number of rotatable bonds is 28. The minimum Gasteiger partial charge on any atom is -0.491 e. The van der Waals surface area contributed by atoms with Gasteiger partial charge in [0.1, 0.15) is 49.4 Å². The summed E-state index contributed by atoms with van der Waals surface area (Å²) in [6.45, 7) is 4.66. The van der Waals surface area contributed by atoms with Crippen LogP contribution in [0.25, 0.3) is 0 Å². The number of hydrogen-bond donors (Lipinski definition) is 0. The summed E-state index contributed by atoms with van der Waals surface area (Å²) < 4.78 is 52.7. The molecule has 0 spiro atoms. The first-order valence-electron chi connectivity index (χ1n) is 17.5. The van der Waals surface area contributed by atoms with Gasteiger partial charge in [0.2, 0.25) is 0 Å². The summed E-state index contributed by atoms with van der Waals surface area (Å²) >= 11 is 9.42. The van der Waals surface area contributed by atoms with Crippen molar-refractivity contribution in [3.05, 3.63) is 119 Å². The average Bonchev–Trinajstić information content (AvgIpc) is 3.21. The molecular formula is C41H48I4O8. The minimum atomic E-state index is -0.603. The van der Waals surface area contributed by atoms with E-state index in [-0.39, 0.29) is 0 Å². The van der Waals surface area contributed by atoms with Gasteiger partial charge in [-0.25, -0.2) is 0 Å². The van der Waals surface area contributed by atoms with Crippen LogP contribution in [0, 0.1) is 5.41 Å². The second kappa shape index (κ2) is 26.6. The molecule has 12 heteroatoms. The Morgan fingerprint density at radius 3 is 0.698 bits per heavy atom. The molecule has 0 aliphatic heterocycles. The van der Waals surface area contributed by atoms with Crippen molar-refractivity contribution in [2.24, 2.45) is 5.41 Å². The molecule has 288 valence electrons. The van der Waals surface area contributed by atoms with Crippen LogP contribution in [0.1, 0.15) is 22.3 Å². The minimum absolute atomic E-state index is 0.347. The maximum Gasteiger partial charge on any atom is 0.119 e. The maximum atomic E-state index is 6.25. The second-order valence-corrected chi connectivity index (χ2v) is 15.3. The normalized spacial score (nSPS) is 11.4. The number of hydrogen-bond acceptors (Lipinski definition) is 8. The van der Waals surface area contributed by atoms with Gasteiger partial charge >= 0.3 is 0 Å². The molecule has 0 amide bonds. The lowest BCUT2D eigenvalue weighted by atomic mass is 9.92. The Bertz CT molecular complexity index is 1290. The highest BCUT2D eigenvalue weighted by Crippen LogP contribution is 2.23. The molecule has 0 saturated heterocycles. The van der Waals surface area contributed by atoms with E-state index in [0.29, 0.717) is 79.3 Å². The van der Waals surface area contributed by atoms with E-state index < -0.39 is 5.41 Å². The molecule has 8 nitrogen and oxygen atoms in total. The fraction of sp³-hybridized carbons (Fsp3) is 0.415. The summed E-state index contributed by atoms with van der Waals surface area (Å²) in [6, 6.07) is 32.6. The van der Waals surface area contributed by atoms with E-state index in [0.717, 1.165) is 40.7 Å². The van der Waals surface area contributed by atoms with Crippen LogP contribution >= 0.6 is 90.4 Å². The van der Waals surface area contributed by atoms with Crippen molar-refractivity contribution in [3.8, 4) is 23.0 Å². The predicted octanol–water partition coefficient (Wildman–Crippen LogP) is 10.1. The van der Waals surface area contributed by atoms with Gasteiger partial charge in [0.05, 0.1) is 58.3 Å². The Hall–Kier alpha value is -1.16. The molecule has 0 saturated carbocycles. The highest BCUT2D eigenvalue weighted by molar-refractivity contribution is 14.1. The summed E-state index contributed by atoms with van der Waals surface area (Å²) in [5.74, 6) is 3.28. The maximum absolute atomic E-state index is 6.25. The Balaban J connectivity index is 1.34. The third-order valence-corrected chi connectivity index (χ3v) is 11.5. The lowest BCUT2D eigenvalue weighted by Crippen LogP contribution is -2.43. The molecule has 0 unspecified atom stereocenters. The molecule has 0 fully saturated rings. The smallest absolute Gasteiger partial charge is 0.119 e. The van der Waals surface area contributed by atoms with Gasteiger partial charge in [-0.1, -0.05) is 139 Å². The first-order valence-corrected chi connectivity index (χ1v) is 23.6. The molecule has 0 heterocycles. The summed E-state index contributed by atoms with van der Waals surface area (Å²) in [7, 11) is 0. The van der Waals surface area contributed by atoms with Crippen LogP contribution in [0.2, 0.25) is 0 Å². The van der Waals surface area contributed by atoms with Crippen molar-refractivity contribution in [1.82, 2.24) is 0 Å². The van der Waals surface area contributed by atoms with Gasteiger partial charge in [0.15, 0.2) is 0 Å². The zero-order valence-corrected chi connectivity index (χ0v) is 38.5. The third kappa shape index (κ3) is 17.7. The zero-order valence-electron chi connectivity index (χ0n) is 29.8. The van der Waals surface area contributed by atoms with E-state index in [1.165, 1.54) is 22.3 Å². The predicted molar refractivity (Wildman–Crippen MR) is 244 cm³/mol. The van der Waals surface area contributed by atoms with Crippen LogP contribution in [0.15, 0.2) is 97.1 Å². The van der Waals surface area contributed by atoms with Crippen LogP contribution in [-0.2, 0) is 36.7 Å². The van der Waals surface area contributed by atoms with E-state index in [9.17, 15) is 0 Å². The number of benzene rings is 4. The van der Waals surface area contributed by atoms with Gasteiger partial charge in [-0.3, -0.25) is 0 Å². The van der Waals surface area contributed by atoms with E-state index in [1.807, 2.05) is 48.5 Å². The Morgan fingerprint density at radius 2 is 0.509 bits per heavy atom. The molecule has 0 aliphatic carbocycles. The van der Waals surface area contributed by atoms with Gasteiger partial charge < -0.3 is 37.9 Å². The van der Waals surface area contributed by atoms with Crippen molar-refractivity contribution in [3.63, 3.8) is 0 Å². The molecule has 0 radical (unpaired) electrons. The number of ether oxygens (including phenoxy) is 8. The molecule has 0 bridgehead atoms. The van der Waals surface area contributed by atoms with E-state index >= 15 is 0 Å². The Kier molecular flexibility index (Phi) is 22.4. The highest BCUT2D eigenvalue weighted by atomic mass is 127. The number of alkyl halides is 4. The van der Waals surface area contributed by atoms with Crippen LogP contribution in [-0.4, -0.2) is 79.3 Å². The van der Waals surface area contributed by atoms with Gasteiger partial charge in [0, 0.05) is 17.7 Å². The fourth-order valence-corrected chi connectivity index (χ4v) is 7.01. The monoisotopic (exact) mass is 1180 g/mol. The topological polar surface area (TPSA) is 73.8 Å². The van der Waals surface area contributed by atoms with E-state index in [2.05, 4.69) is 139 Å². The van der Waals surface area contributed by atoms with Crippen LogP contribution in [0.4, 0.5) is 0 Å². The summed E-state index contributed by atoms with van der Waals surface area (Å²) in [6.07, 6.45) is 0. The molecule has 0 N–H and O–H groups in total. The van der Waals surface area contributed by atoms with Crippen molar-refractivity contribution >= 4 is 90.4 Å². The first kappa shape index (κ1) is 44.6. The first-order chi connectivity index (χ1) is 26.0. The molecule has 4 aromatic carbocycles.